The van der Waals surface area contributed by atoms with Gasteiger partial charge in [-0.3, -0.25) is 4.79 Å². The number of hydrogen-bond acceptors (Lipinski definition) is 7. The molecule has 3 aromatic rings. The van der Waals surface area contributed by atoms with Crippen molar-refractivity contribution in [1.82, 2.24) is 29.7 Å². The predicted molar refractivity (Wildman–Crippen MR) is 107 cm³/mol. The lowest BCUT2D eigenvalue weighted by Gasteiger charge is -2.07. The van der Waals surface area contributed by atoms with Crippen LogP contribution in [0.15, 0.2) is 46.8 Å². The van der Waals surface area contributed by atoms with Crippen molar-refractivity contribution in [3.63, 3.8) is 0 Å². The van der Waals surface area contributed by atoms with Crippen LogP contribution in [0.4, 0.5) is 5.82 Å². The van der Waals surface area contributed by atoms with Crippen LogP contribution in [0.5, 0.6) is 0 Å². The minimum absolute atomic E-state index is 0.0135. The molecule has 2 heterocycles. The first kappa shape index (κ1) is 20.4. The summed E-state index contributed by atoms with van der Waals surface area (Å²) >= 11 is 0. The van der Waals surface area contributed by atoms with Gasteiger partial charge in [0.25, 0.3) is 0 Å². The number of nitrogens with two attached hydrogens (primary N) is 1. The molecule has 11 nitrogen and oxygen atoms in total. The Bertz CT molecular complexity index is 1150. The number of benzene rings is 1. The summed E-state index contributed by atoms with van der Waals surface area (Å²) in [6.07, 6.45) is 4.48. The zero-order valence-corrected chi connectivity index (χ0v) is 16.7. The maximum atomic E-state index is 12.3. The third-order valence-electron chi connectivity index (χ3n) is 3.85. The van der Waals surface area contributed by atoms with E-state index in [-0.39, 0.29) is 23.9 Å². The molecule has 0 aliphatic rings. The van der Waals surface area contributed by atoms with Crippen LogP contribution in [0, 0.1) is 0 Å². The van der Waals surface area contributed by atoms with Gasteiger partial charge < -0.3 is 14.8 Å². The number of carbonyl (C=O) groups is 1. The second-order valence-electron chi connectivity index (χ2n) is 6.42. The fraction of sp³-hybridized carbons (Fsp3) is 0.235. The van der Waals surface area contributed by atoms with Crippen LogP contribution in [-0.4, -0.2) is 59.2 Å². The molecular weight excluding hydrogens is 396 g/mol. The topological polar surface area (TPSA) is 148 Å². The van der Waals surface area contributed by atoms with Crippen molar-refractivity contribution in [3.8, 4) is 0 Å². The van der Waals surface area contributed by atoms with E-state index in [1.807, 2.05) is 14.1 Å². The molecule has 0 aliphatic carbocycles. The number of imidazole rings is 1. The molecule has 3 N–H and O–H groups in total. The first-order chi connectivity index (χ1) is 13.7. The van der Waals surface area contributed by atoms with Crippen LogP contribution in [0.3, 0.4) is 0 Å². The summed E-state index contributed by atoms with van der Waals surface area (Å²) < 4.78 is 24.1. The molecular formula is C17H20N8O3S. The van der Waals surface area contributed by atoms with Crippen molar-refractivity contribution in [2.75, 3.05) is 14.1 Å². The van der Waals surface area contributed by atoms with Gasteiger partial charge in [-0.1, -0.05) is 12.1 Å². The predicted octanol–water partition coefficient (Wildman–Crippen LogP) is 0.0115. The molecule has 0 saturated carbocycles. The van der Waals surface area contributed by atoms with Crippen LogP contribution in [0.25, 0.3) is 11.2 Å². The van der Waals surface area contributed by atoms with Crippen LogP contribution >= 0.6 is 0 Å². The lowest BCUT2D eigenvalue weighted by Crippen LogP contribution is -2.27. The molecule has 0 fully saturated rings. The van der Waals surface area contributed by atoms with Gasteiger partial charge in [-0.2, -0.15) is 0 Å². The molecule has 0 radical (unpaired) electrons. The number of nitrogens with zero attached hydrogens (tertiary/aromatic N) is 6. The molecule has 0 atom stereocenters. The molecule has 0 aliphatic heterocycles. The molecule has 0 saturated heterocycles. The zero-order valence-electron chi connectivity index (χ0n) is 15.8. The third-order valence-corrected chi connectivity index (χ3v) is 4.78. The Kier molecular flexibility index (Phi) is 5.84. The van der Waals surface area contributed by atoms with Crippen LogP contribution in [-0.2, 0) is 27.9 Å². The molecule has 152 valence electrons. The van der Waals surface area contributed by atoms with E-state index < -0.39 is 10.0 Å². The lowest BCUT2D eigenvalue weighted by molar-refractivity contribution is -0.121. The molecule has 0 bridgehead atoms. The normalized spacial score (nSPS) is 11.8. The first-order valence-corrected chi connectivity index (χ1v) is 10.0. The Labute approximate surface area is 167 Å². The molecule has 0 unspecified atom stereocenters. The van der Waals surface area contributed by atoms with Crippen LogP contribution in [0.2, 0.25) is 0 Å². The van der Waals surface area contributed by atoms with E-state index in [2.05, 4.69) is 25.3 Å². The van der Waals surface area contributed by atoms with Crippen LogP contribution in [0.1, 0.15) is 5.56 Å². The molecule has 2 aromatic heterocycles. The van der Waals surface area contributed by atoms with Gasteiger partial charge in [0.1, 0.15) is 12.9 Å². The Morgan fingerprint density at radius 1 is 1.24 bits per heavy atom. The number of aliphatic imine (C=N–C) groups is 1. The minimum atomic E-state index is -3.74. The highest BCUT2D eigenvalue weighted by molar-refractivity contribution is 7.89. The number of hydrogen-bond donors (Lipinski definition) is 2. The van der Waals surface area contributed by atoms with E-state index in [1.54, 1.807) is 27.9 Å². The maximum absolute atomic E-state index is 12.3. The third kappa shape index (κ3) is 5.12. The van der Waals surface area contributed by atoms with Crippen molar-refractivity contribution in [3.05, 3.63) is 42.5 Å². The summed E-state index contributed by atoms with van der Waals surface area (Å²) in [6, 6.07) is 5.98. The number of nitrogens with one attached hydrogen (secondary N) is 1. The lowest BCUT2D eigenvalue weighted by atomic mass is 10.2. The SMILES string of the molecule is CN(C)C=Nc1ncnc2c1ncn2CC(=O)NCc1ccc(S(N)(=O)=O)cc1. The Morgan fingerprint density at radius 3 is 2.62 bits per heavy atom. The maximum Gasteiger partial charge on any atom is 0.240 e. The Hall–Kier alpha value is -3.38. The quantitative estimate of drug-likeness (QED) is 0.407. The standard InChI is InChI=1S/C17H20N8O3S/c1-24(2)10-23-16-15-17(21-9-20-16)25(11-22-15)8-14(26)19-7-12-3-5-13(6-4-12)29(18,27)28/h3-6,9-11H,7-8H2,1-2H3,(H,19,26)(H2,18,27,28). The smallest absolute Gasteiger partial charge is 0.240 e. The van der Waals surface area contributed by atoms with Crippen LogP contribution < -0.4 is 10.5 Å². The monoisotopic (exact) mass is 416 g/mol. The highest BCUT2D eigenvalue weighted by Gasteiger charge is 2.12. The fourth-order valence-corrected chi connectivity index (χ4v) is 2.97. The highest BCUT2D eigenvalue weighted by Crippen LogP contribution is 2.19. The van der Waals surface area contributed by atoms with Gasteiger partial charge in [0.2, 0.25) is 15.9 Å². The largest absolute Gasteiger partial charge is 0.369 e. The Balaban J connectivity index is 1.66. The molecule has 0 spiro atoms. The molecule has 3 rings (SSSR count). The number of rotatable bonds is 7. The first-order valence-electron chi connectivity index (χ1n) is 8.49. The highest BCUT2D eigenvalue weighted by atomic mass is 32.2. The van der Waals surface area contributed by atoms with Crippen molar-refractivity contribution in [1.29, 1.82) is 0 Å². The van der Waals surface area contributed by atoms with Gasteiger partial charge in [-0.25, -0.2) is 33.5 Å². The van der Waals surface area contributed by atoms with Gasteiger partial charge >= 0.3 is 0 Å². The number of amides is 1. The van der Waals surface area contributed by atoms with E-state index in [4.69, 9.17) is 5.14 Å². The van der Waals surface area contributed by atoms with Gasteiger partial charge in [0.15, 0.2) is 17.0 Å². The Morgan fingerprint density at radius 2 is 1.97 bits per heavy atom. The fourth-order valence-electron chi connectivity index (χ4n) is 2.46. The van der Waals surface area contributed by atoms with Gasteiger partial charge in [-0.05, 0) is 17.7 Å². The second kappa shape index (κ2) is 8.32. The summed E-state index contributed by atoms with van der Waals surface area (Å²) in [4.78, 5) is 30.9. The molecule has 29 heavy (non-hydrogen) atoms. The average Bonchev–Trinajstić information content (AvgIpc) is 3.08. The number of carbonyl (C=O) groups excluding carboxylic acids is 1. The second-order valence-corrected chi connectivity index (χ2v) is 7.98. The molecule has 1 amide bonds. The van der Waals surface area contributed by atoms with Crippen molar-refractivity contribution in [2.24, 2.45) is 10.1 Å². The summed E-state index contributed by atoms with van der Waals surface area (Å²) in [5, 5.41) is 7.83. The van der Waals surface area contributed by atoms with Crippen molar-refractivity contribution >= 4 is 39.3 Å². The molecule has 12 heteroatoms. The van der Waals surface area contributed by atoms with E-state index in [9.17, 15) is 13.2 Å². The van der Waals surface area contributed by atoms with E-state index in [0.717, 1.165) is 5.56 Å². The summed E-state index contributed by atoms with van der Waals surface area (Å²) in [6.45, 7) is 0.253. The number of primary sulfonamides is 1. The van der Waals surface area contributed by atoms with Gasteiger partial charge in [0.05, 0.1) is 17.6 Å². The number of fused-ring (bicyclic) bond motifs is 1. The summed E-state index contributed by atoms with van der Waals surface area (Å²) in [7, 11) is -0.0596. The molecule has 1 aromatic carbocycles. The average molecular weight is 416 g/mol. The number of sulfonamides is 1. The van der Waals surface area contributed by atoms with E-state index >= 15 is 0 Å². The van der Waals surface area contributed by atoms with Crippen molar-refractivity contribution < 1.29 is 13.2 Å². The number of aromatic nitrogens is 4. The van der Waals surface area contributed by atoms with Gasteiger partial charge in [-0.15, -0.1) is 0 Å². The van der Waals surface area contributed by atoms with Gasteiger partial charge in [0, 0.05) is 20.6 Å². The van der Waals surface area contributed by atoms with Crippen molar-refractivity contribution in [2.45, 2.75) is 18.0 Å². The summed E-state index contributed by atoms with van der Waals surface area (Å²) in [5.74, 6) is 0.162. The van der Waals surface area contributed by atoms with E-state index in [0.29, 0.717) is 17.0 Å². The summed E-state index contributed by atoms with van der Waals surface area (Å²) in [5.41, 5.74) is 1.74. The zero-order chi connectivity index (χ0) is 21.0. The van der Waals surface area contributed by atoms with E-state index in [1.165, 1.54) is 24.8 Å². The minimum Gasteiger partial charge on any atom is -0.369 e.